The van der Waals surface area contributed by atoms with Gasteiger partial charge in [0, 0.05) is 31.5 Å². The third-order valence-corrected chi connectivity index (χ3v) is 4.97. The highest BCUT2D eigenvalue weighted by atomic mass is 16.2. The van der Waals surface area contributed by atoms with Gasteiger partial charge in [-0.2, -0.15) is 0 Å². The summed E-state index contributed by atoms with van der Waals surface area (Å²) in [6.45, 7) is 4.16. The number of carbonyl (C=O) groups is 2. The van der Waals surface area contributed by atoms with Crippen molar-refractivity contribution >= 4 is 23.2 Å². The van der Waals surface area contributed by atoms with Crippen molar-refractivity contribution in [3.05, 3.63) is 53.7 Å². The zero-order chi connectivity index (χ0) is 19.1. The summed E-state index contributed by atoms with van der Waals surface area (Å²) in [6.07, 6.45) is 6.70. The normalized spacial score (nSPS) is 14.0. The predicted octanol–water partition coefficient (Wildman–Crippen LogP) is 4.24. The number of hydrogen-bond acceptors (Lipinski definition) is 4. The average molecular weight is 365 g/mol. The third kappa shape index (κ3) is 5.39. The molecule has 1 aliphatic heterocycles. The van der Waals surface area contributed by atoms with Gasteiger partial charge in [0.1, 0.15) is 5.82 Å². The molecule has 5 heteroatoms. The van der Waals surface area contributed by atoms with Gasteiger partial charge in [0.2, 0.25) is 5.91 Å². The Morgan fingerprint density at radius 3 is 2.37 bits per heavy atom. The second-order valence-electron chi connectivity index (χ2n) is 6.97. The average Bonchev–Trinajstić information content (AvgIpc) is 2.73. The Labute approximate surface area is 160 Å². The third-order valence-electron chi connectivity index (χ3n) is 4.97. The fourth-order valence-electron chi connectivity index (χ4n) is 3.29. The standard InChI is InChI=1S/C22H27N3O2/c1-2-17-6-8-18(9-7-17)20(26)11-13-22(27)24-19-10-12-21(23-16-19)25-14-4-3-5-15-25/h6-10,12,16H,2-5,11,13-15H2,1H3,(H,24,27). The zero-order valence-electron chi connectivity index (χ0n) is 15.9. The number of piperidine rings is 1. The number of Topliss-reactive ketones (excluding diaryl/α,β-unsaturated/α-hetero) is 1. The van der Waals surface area contributed by atoms with Crippen LogP contribution in [0, 0.1) is 0 Å². The minimum atomic E-state index is -0.166. The number of carbonyl (C=O) groups excluding carboxylic acids is 2. The molecule has 0 atom stereocenters. The number of aryl methyl sites for hydroxylation is 1. The quantitative estimate of drug-likeness (QED) is 0.746. The summed E-state index contributed by atoms with van der Waals surface area (Å²) in [4.78, 5) is 31.1. The summed E-state index contributed by atoms with van der Waals surface area (Å²) in [5.41, 5.74) is 2.53. The van der Waals surface area contributed by atoms with Crippen LogP contribution in [0.15, 0.2) is 42.6 Å². The first-order valence-electron chi connectivity index (χ1n) is 9.78. The lowest BCUT2D eigenvalue weighted by molar-refractivity contribution is -0.116. The fourth-order valence-corrected chi connectivity index (χ4v) is 3.29. The van der Waals surface area contributed by atoms with Crippen molar-refractivity contribution in [2.75, 3.05) is 23.3 Å². The van der Waals surface area contributed by atoms with Gasteiger partial charge in [-0.3, -0.25) is 9.59 Å². The van der Waals surface area contributed by atoms with E-state index in [1.54, 1.807) is 6.20 Å². The van der Waals surface area contributed by atoms with Crippen molar-refractivity contribution in [1.29, 1.82) is 0 Å². The van der Waals surface area contributed by atoms with Crippen LogP contribution >= 0.6 is 0 Å². The SMILES string of the molecule is CCc1ccc(C(=O)CCC(=O)Nc2ccc(N3CCCCC3)nc2)cc1. The van der Waals surface area contributed by atoms with E-state index in [2.05, 4.69) is 22.1 Å². The van der Waals surface area contributed by atoms with Crippen molar-refractivity contribution in [1.82, 2.24) is 4.98 Å². The van der Waals surface area contributed by atoms with Gasteiger partial charge in [0.05, 0.1) is 11.9 Å². The van der Waals surface area contributed by atoms with Crippen molar-refractivity contribution in [2.45, 2.75) is 45.4 Å². The lowest BCUT2D eigenvalue weighted by Crippen LogP contribution is -2.30. The molecule has 0 unspecified atom stereocenters. The number of nitrogens with zero attached hydrogens (tertiary/aromatic N) is 2. The summed E-state index contributed by atoms with van der Waals surface area (Å²) >= 11 is 0. The van der Waals surface area contributed by atoms with Crippen molar-refractivity contribution in [3.63, 3.8) is 0 Å². The minimum absolute atomic E-state index is 0.00799. The van der Waals surface area contributed by atoms with Gasteiger partial charge < -0.3 is 10.2 Å². The Hall–Kier alpha value is -2.69. The van der Waals surface area contributed by atoms with Crippen molar-refractivity contribution in [2.24, 2.45) is 0 Å². The highest BCUT2D eigenvalue weighted by molar-refractivity contribution is 6.00. The van der Waals surface area contributed by atoms with E-state index in [4.69, 9.17) is 0 Å². The first kappa shape index (κ1) is 19.1. The van der Waals surface area contributed by atoms with Gasteiger partial charge in [0.15, 0.2) is 5.78 Å². The first-order valence-corrected chi connectivity index (χ1v) is 9.78. The predicted molar refractivity (Wildman–Crippen MR) is 108 cm³/mol. The summed E-state index contributed by atoms with van der Waals surface area (Å²) in [5.74, 6) is 0.783. The van der Waals surface area contributed by atoms with E-state index in [9.17, 15) is 9.59 Å². The van der Waals surface area contributed by atoms with Crippen LogP contribution in [0.1, 0.15) is 54.9 Å². The lowest BCUT2D eigenvalue weighted by Gasteiger charge is -2.27. The number of ketones is 1. The second kappa shape index (κ2) is 9.31. The molecule has 1 aromatic heterocycles. The van der Waals surface area contributed by atoms with E-state index in [1.807, 2.05) is 36.4 Å². The molecule has 27 heavy (non-hydrogen) atoms. The van der Waals surface area contributed by atoms with Crippen LogP contribution < -0.4 is 10.2 Å². The van der Waals surface area contributed by atoms with Gasteiger partial charge in [-0.25, -0.2) is 4.98 Å². The van der Waals surface area contributed by atoms with Crippen LogP contribution in [0.4, 0.5) is 11.5 Å². The lowest BCUT2D eigenvalue weighted by atomic mass is 10.0. The largest absolute Gasteiger partial charge is 0.357 e. The van der Waals surface area contributed by atoms with Crippen LogP contribution in [0.5, 0.6) is 0 Å². The molecule has 1 fully saturated rings. The smallest absolute Gasteiger partial charge is 0.224 e. The van der Waals surface area contributed by atoms with Crippen molar-refractivity contribution in [3.8, 4) is 0 Å². The van der Waals surface area contributed by atoms with Crippen LogP contribution in [-0.2, 0) is 11.2 Å². The number of pyridine rings is 1. The molecule has 5 nitrogen and oxygen atoms in total. The van der Waals surface area contributed by atoms with Gasteiger partial charge >= 0.3 is 0 Å². The summed E-state index contributed by atoms with van der Waals surface area (Å²) < 4.78 is 0. The Morgan fingerprint density at radius 1 is 1.00 bits per heavy atom. The zero-order valence-corrected chi connectivity index (χ0v) is 15.9. The minimum Gasteiger partial charge on any atom is -0.357 e. The number of nitrogens with one attached hydrogen (secondary N) is 1. The Balaban J connectivity index is 1.47. The second-order valence-corrected chi connectivity index (χ2v) is 6.97. The molecule has 0 radical (unpaired) electrons. The summed E-state index contributed by atoms with van der Waals surface area (Å²) in [5, 5.41) is 2.82. The van der Waals surface area contributed by atoms with Gasteiger partial charge in [-0.05, 0) is 43.4 Å². The maximum atomic E-state index is 12.2. The van der Waals surface area contributed by atoms with Crippen LogP contribution in [0.25, 0.3) is 0 Å². The molecule has 0 aliphatic carbocycles. The van der Waals surface area contributed by atoms with E-state index in [0.29, 0.717) is 11.3 Å². The van der Waals surface area contributed by atoms with Gasteiger partial charge in [0.25, 0.3) is 0 Å². The molecule has 3 rings (SSSR count). The molecule has 1 aliphatic rings. The molecule has 0 spiro atoms. The van der Waals surface area contributed by atoms with E-state index < -0.39 is 0 Å². The maximum absolute atomic E-state index is 12.2. The molecular weight excluding hydrogens is 338 g/mol. The molecule has 142 valence electrons. The monoisotopic (exact) mass is 365 g/mol. The number of anilines is 2. The molecule has 1 saturated heterocycles. The Kier molecular flexibility index (Phi) is 6.58. The maximum Gasteiger partial charge on any atom is 0.224 e. The fraction of sp³-hybridized carbons (Fsp3) is 0.409. The highest BCUT2D eigenvalue weighted by Crippen LogP contribution is 2.19. The molecule has 1 aromatic carbocycles. The molecular formula is C22H27N3O2. The van der Waals surface area contributed by atoms with E-state index in [-0.39, 0.29) is 24.5 Å². The topological polar surface area (TPSA) is 62.3 Å². The molecule has 2 heterocycles. The van der Waals surface area contributed by atoms with Crippen LogP contribution in [0.2, 0.25) is 0 Å². The van der Waals surface area contributed by atoms with Crippen LogP contribution in [-0.4, -0.2) is 29.8 Å². The van der Waals surface area contributed by atoms with E-state index >= 15 is 0 Å². The summed E-state index contributed by atoms with van der Waals surface area (Å²) in [6, 6.07) is 11.4. The number of amides is 1. The highest BCUT2D eigenvalue weighted by Gasteiger charge is 2.13. The van der Waals surface area contributed by atoms with E-state index in [1.165, 1.54) is 24.8 Å². The van der Waals surface area contributed by atoms with Crippen molar-refractivity contribution < 1.29 is 9.59 Å². The van der Waals surface area contributed by atoms with E-state index in [0.717, 1.165) is 25.3 Å². The molecule has 1 amide bonds. The molecule has 0 saturated carbocycles. The molecule has 1 N–H and O–H groups in total. The van der Waals surface area contributed by atoms with Gasteiger partial charge in [-0.15, -0.1) is 0 Å². The Morgan fingerprint density at radius 2 is 1.74 bits per heavy atom. The number of benzene rings is 1. The van der Waals surface area contributed by atoms with Gasteiger partial charge in [-0.1, -0.05) is 31.2 Å². The number of hydrogen-bond donors (Lipinski definition) is 1. The molecule has 2 aromatic rings. The first-order chi connectivity index (χ1) is 13.2. The summed E-state index contributed by atoms with van der Waals surface area (Å²) in [7, 11) is 0. The molecule has 0 bridgehead atoms. The Bertz CT molecular complexity index is 763. The van der Waals surface area contributed by atoms with Crippen LogP contribution in [0.3, 0.4) is 0 Å². The number of aromatic nitrogens is 1. The number of rotatable bonds is 7.